The first-order chi connectivity index (χ1) is 12.0. The largest absolute Gasteiger partial charge is 0.340 e. The fourth-order valence-electron chi connectivity index (χ4n) is 3.21. The van der Waals surface area contributed by atoms with Crippen LogP contribution in [0.1, 0.15) is 18.4 Å². The summed E-state index contributed by atoms with van der Waals surface area (Å²) in [6.07, 6.45) is 3.59. The molecule has 1 fully saturated rings. The van der Waals surface area contributed by atoms with Gasteiger partial charge in [0.15, 0.2) is 0 Å². The molecule has 1 aliphatic rings. The van der Waals surface area contributed by atoms with Gasteiger partial charge in [0, 0.05) is 25.2 Å². The quantitative estimate of drug-likeness (QED) is 0.747. The van der Waals surface area contributed by atoms with Gasteiger partial charge in [0.2, 0.25) is 10.0 Å². The van der Waals surface area contributed by atoms with Gasteiger partial charge in [-0.1, -0.05) is 37.3 Å². The van der Waals surface area contributed by atoms with Gasteiger partial charge in [-0.15, -0.1) is 11.3 Å². The summed E-state index contributed by atoms with van der Waals surface area (Å²) >= 11 is 1.25. The number of nitrogens with zero attached hydrogens (tertiary/aromatic N) is 2. The van der Waals surface area contributed by atoms with Crippen LogP contribution in [0.25, 0.3) is 10.6 Å². The Morgan fingerprint density at radius 2 is 1.92 bits per heavy atom. The lowest BCUT2D eigenvalue weighted by molar-refractivity contribution is 0.580. The Balaban J connectivity index is 1.52. The first-order valence-corrected chi connectivity index (χ1v) is 10.4. The molecule has 25 heavy (non-hydrogen) atoms. The highest BCUT2D eigenvalue weighted by molar-refractivity contribution is 7.91. The SMILES string of the molecule is C[C@H]1[C@H](NS(=O)(=O)c2ccc(-c3cn(C)cn3)s2)[C@H]1c1ccccc1. The van der Waals surface area contributed by atoms with E-state index in [4.69, 9.17) is 0 Å². The van der Waals surface area contributed by atoms with E-state index < -0.39 is 10.0 Å². The normalized spacial score (nSPS) is 22.9. The van der Waals surface area contributed by atoms with Crippen LogP contribution >= 0.6 is 11.3 Å². The highest BCUT2D eigenvalue weighted by Gasteiger charge is 2.49. The molecule has 1 aromatic carbocycles. The topological polar surface area (TPSA) is 64.0 Å². The van der Waals surface area contributed by atoms with Crippen molar-refractivity contribution in [3.05, 3.63) is 60.6 Å². The highest BCUT2D eigenvalue weighted by Crippen LogP contribution is 2.48. The van der Waals surface area contributed by atoms with Crippen LogP contribution in [0.3, 0.4) is 0 Å². The van der Waals surface area contributed by atoms with Crippen LogP contribution in [-0.2, 0) is 17.1 Å². The predicted molar refractivity (Wildman–Crippen MR) is 99.0 cm³/mol. The molecule has 1 N–H and O–H groups in total. The van der Waals surface area contributed by atoms with Gasteiger partial charge in [-0.3, -0.25) is 0 Å². The molecule has 4 rings (SSSR count). The summed E-state index contributed by atoms with van der Waals surface area (Å²) in [6, 6.07) is 13.5. The van der Waals surface area contributed by atoms with Gasteiger partial charge in [-0.25, -0.2) is 18.1 Å². The van der Waals surface area contributed by atoms with Crippen LogP contribution < -0.4 is 4.72 Å². The maximum atomic E-state index is 12.7. The third kappa shape index (κ3) is 3.15. The minimum absolute atomic E-state index is 0.0483. The van der Waals surface area contributed by atoms with E-state index in [-0.39, 0.29) is 12.0 Å². The Labute approximate surface area is 151 Å². The van der Waals surface area contributed by atoms with Crippen molar-refractivity contribution < 1.29 is 8.42 Å². The number of rotatable bonds is 5. The number of hydrogen-bond donors (Lipinski definition) is 1. The molecule has 0 bridgehead atoms. The fourth-order valence-corrected chi connectivity index (χ4v) is 5.84. The van der Waals surface area contributed by atoms with Crippen LogP contribution in [0.5, 0.6) is 0 Å². The molecule has 0 amide bonds. The Kier molecular flexibility index (Phi) is 4.02. The highest BCUT2D eigenvalue weighted by atomic mass is 32.2. The molecule has 3 atom stereocenters. The van der Waals surface area contributed by atoms with Crippen molar-refractivity contribution >= 4 is 21.4 Å². The zero-order valence-electron chi connectivity index (χ0n) is 14.0. The van der Waals surface area contributed by atoms with Gasteiger partial charge >= 0.3 is 0 Å². The predicted octanol–water partition coefficient (Wildman–Crippen LogP) is 3.23. The Hall–Kier alpha value is -1.96. The van der Waals surface area contributed by atoms with E-state index in [0.29, 0.717) is 10.1 Å². The molecular weight excluding hydrogens is 354 g/mol. The van der Waals surface area contributed by atoms with Gasteiger partial charge in [0.25, 0.3) is 0 Å². The third-order valence-electron chi connectivity index (χ3n) is 4.66. The Morgan fingerprint density at radius 3 is 2.60 bits per heavy atom. The molecule has 130 valence electrons. The first kappa shape index (κ1) is 16.5. The van der Waals surface area contributed by atoms with Gasteiger partial charge in [-0.2, -0.15) is 0 Å². The smallest absolute Gasteiger partial charge is 0.250 e. The Bertz CT molecular complexity index is 992. The third-order valence-corrected chi connectivity index (χ3v) is 7.72. The van der Waals surface area contributed by atoms with Crippen molar-refractivity contribution in [1.29, 1.82) is 0 Å². The van der Waals surface area contributed by atoms with Crippen molar-refractivity contribution in [1.82, 2.24) is 14.3 Å². The maximum Gasteiger partial charge on any atom is 0.250 e. The zero-order valence-corrected chi connectivity index (χ0v) is 15.6. The van der Waals surface area contributed by atoms with Crippen molar-refractivity contribution in [2.75, 3.05) is 0 Å². The van der Waals surface area contributed by atoms with Gasteiger partial charge in [-0.05, 0) is 23.6 Å². The van der Waals surface area contributed by atoms with E-state index in [0.717, 1.165) is 10.6 Å². The van der Waals surface area contributed by atoms with Crippen LogP contribution in [0, 0.1) is 5.92 Å². The molecule has 2 heterocycles. The maximum absolute atomic E-state index is 12.7. The van der Waals surface area contributed by atoms with Crippen molar-refractivity contribution in [2.24, 2.45) is 13.0 Å². The summed E-state index contributed by atoms with van der Waals surface area (Å²) in [5.41, 5.74) is 1.97. The molecule has 0 saturated heterocycles. The van der Waals surface area contributed by atoms with E-state index in [2.05, 4.69) is 28.8 Å². The van der Waals surface area contributed by atoms with Gasteiger partial charge in [0.1, 0.15) is 4.21 Å². The molecule has 1 saturated carbocycles. The monoisotopic (exact) mass is 373 g/mol. The van der Waals surface area contributed by atoms with Gasteiger partial charge in [0.05, 0.1) is 16.9 Å². The average Bonchev–Trinajstić information content (AvgIpc) is 3.02. The van der Waals surface area contributed by atoms with E-state index >= 15 is 0 Å². The van der Waals surface area contributed by atoms with Crippen LogP contribution in [0.15, 0.2) is 59.2 Å². The molecule has 0 radical (unpaired) electrons. The summed E-state index contributed by atoms with van der Waals surface area (Å²) in [7, 11) is -1.63. The lowest BCUT2D eigenvalue weighted by atomic mass is 10.1. The van der Waals surface area contributed by atoms with Crippen LogP contribution in [-0.4, -0.2) is 24.0 Å². The first-order valence-electron chi connectivity index (χ1n) is 8.11. The number of aromatic nitrogens is 2. The summed E-state index contributed by atoms with van der Waals surface area (Å²) in [4.78, 5) is 5.13. The molecule has 7 heteroatoms. The molecule has 3 aromatic rings. The number of benzene rings is 1. The van der Waals surface area contributed by atoms with Crippen LogP contribution in [0.2, 0.25) is 0 Å². The number of imidazole rings is 1. The summed E-state index contributed by atoms with van der Waals surface area (Å²) in [5, 5.41) is 0. The molecule has 0 aliphatic heterocycles. The number of nitrogens with one attached hydrogen (secondary N) is 1. The molecule has 5 nitrogen and oxygen atoms in total. The second kappa shape index (κ2) is 6.09. The molecular formula is C18H19N3O2S2. The van der Waals surface area contributed by atoms with Crippen molar-refractivity contribution in [2.45, 2.75) is 23.1 Å². The minimum Gasteiger partial charge on any atom is -0.340 e. The summed E-state index contributed by atoms with van der Waals surface area (Å²) < 4.78 is 30.5. The number of sulfonamides is 1. The number of hydrogen-bond acceptors (Lipinski definition) is 4. The molecule has 0 unspecified atom stereocenters. The average molecular weight is 374 g/mol. The molecule has 2 aromatic heterocycles. The lowest BCUT2D eigenvalue weighted by Crippen LogP contribution is -2.27. The van der Waals surface area contributed by atoms with E-state index in [9.17, 15) is 8.42 Å². The van der Waals surface area contributed by atoms with E-state index in [1.807, 2.05) is 42.1 Å². The van der Waals surface area contributed by atoms with E-state index in [1.165, 1.54) is 16.9 Å². The van der Waals surface area contributed by atoms with Crippen molar-refractivity contribution in [3.8, 4) is 10.6 Å². The lowest BCUT2D eigenvalue weighted by Gasteiger charge is -2.04. The minimum atomic E-state index is -3.52. The Morgan fingerprint density at radius 1 is 1.16 bits per heavy atom. The van der Waals surface area contributed by atoms with E-state index in [1.54, 1.807) is 12.4 Å². The zero-order chi connectivity index (χ0) is 17.6. The standard InChI is InChI=1S/C18H19N3O2S2/c1-12-17(13-6-4-3-5-7-13)18(12)20-25(22,23)16-9-8-15(24-16)14-10-21(2)11-19-14/h3-12,17-18,20H,1-2H3/t12-,17-,18+/m1/s1. The summed E-state index contributed by atoms with van der Waals surface area (Å²) in [6.45, 7) is 2.08. The second-order valence-corrected chi connectivity index (χ2v) is 9.51. The van der Waals surface area contributed by atoms with Gasteiger partial charge < -0.3 is 4.57 Å². The number of aryl methyl sites for hydroxylation is 1. The fraction of sp³-hybridized carbons (Fsp3) is 0.278. The van der Waals surface area contributed by atoms with Crippen LogP contribution in [0.4, 0.5) is 0 Å². The second-order valence-electron chi connectivity index (χ2n) is 6.49. The molecule has 1 aliphatic carbocycles. The molecule has 0 spiro atoms. The van der Waals surface area contributed by atoms with Crippen molar-refractivity contribution in [3.63, 3.8) is 0 Å². The number of thiophene rings is 1. The summed E-state index contributed by atoms with van der Waals surface area (Å²) in [5.74, 6) is 0.540.